The molecule has 0 spiro atoms. The standard InChI is InChI=1S/C14H20N4S/c1-2-15-14(17-12-13-6-5-11-19-13)16-7-10-18-8-3-4-9-18/h3-6,8-9,11H,2,7,10,12H2,1H3,(H2,15,16,17). The number of nitrogens with one attached hydrogen (secondary N) is 2. The molecule has 2 rings (SSSR count). The summed E-state index contributed by atoms with van der Waals surface area (Å²) in [5.41, 5.74) is 0. The molecule has 0 radical (unpaired) electrons. The Hall–Kier alpha value is -1.75. The SMILES string of the molecule is CCNC(=NCc1cccs1)NCCn1cccc1. The van der Waals surface area contributed by atoms with Gasteiger partial charge in [0.1, 0.15) is 0 Å². The Morgan fingerprint density at radius 3 is 2.79 bits per heavy atom. The summed E-state index contributed by atoms with van der Waals surface area (Å²) in [7, 11) is 0. The van der Waals surface area contributed by atoms with Gasteiger partial charge in [-0.2, -0.15) is 0 Å². The lowest BCUT2D eigenvalue weighted by Crippen LogP contribution is -2.38. The highest BCUT2D eigenvalue weighted by Gasteiger charge is 1.97. The van der Waals surface area contributed by atoms with Crippen molar-refractivity contribution in [2.45, 2.75) is 20.0 Å². The zero-order valence-electron chi connectivity index (χ0n) is 11.2. The van der Waals surface area contributed by atoms with Crippen LogP contribution >= 0.6 is 11.3 Å². The second-order valence-electron chi connectivity index (χ2n) is 4.12. The maximum atomic E-state index is 4.57. The fourth-order valence-corrected chi connectivity index (χ4v) is 2.35. The summed E-state index contributed by atoms with van der Waals surface area (Å²) in [6.07, 6.45) is 4.13. The minimum Gasteiger partial charge on any atom is -0.357 e. The third-order valence-corrected chi connectivity index (χ3v) is 3.51. The van der Waals surface area contributed by atoms with E-state index in [4.69, 9.17) is 0 Å². The molecule has 4 nitrogen and oxygen atoms in total. The van der Waals surface area contributed by atoms with Crippen LogP contribution in [0, 0.1) is 0 Å². The maximum absolute atomic E-state index is 4.57. The Balaban J connectivity index is 1.79. The minimum absolute atomic E-state index is 0.733. The van der Waals surface area contributed by atoms with Crippen LogP contribution in [-0.4, -0.2) is 23.6 Å². The number of hydrogen-bond donors (Lipinski definition) is 2. The Morgan fingerprint density at radius 1 is 1.26 bits per heavy atom. The van der Waals surface area contributed by atoms with E-state index in [0.29, 0.717) is 0 Å². The van der Waals surface area contributed by atoms with Crippen molar-refractivity contribution in [2.75, 3.05) is 13.1 Å². The first-order valence-electron chi connectivity index (χ1n) is 6.54. The number of rotatable bonds is 6. The second-order valence-corrected chi connectivity index (χ2v) is 5.15. The summed E-state index contributed by atoms with van der Waals surface area (Å²) in [6, 6.07) is 8.24. The highest BCUT2D eigenvalue weighted by Crippen LogP contribution is 2.09. The van der Waals surface area contributed by atoms with Crippen LogP contribution in [0.15, 0.2) is 47.0 Å². The van der Waals surface area contributed by atoms with Crippen LogP contribution in [0.2, 0.25) is 0 Å². The third kappa shape index (κ3) is 4.79. The van der Waals surface area contributed by atoms with Crippen molar-refractivity contribution < 1.29 is 0 Å². The Morgan fingerprint density at radius 2 is 2.11 bits per heavy atom. The van der Waals surface area contributed by atoms with Gasteiger partial charge in [0.05, 0.1) is 6.54 Å². The van der Waals surface area contributed by atoms with Crippen molar-refractivity contribution in [3.63, 3.8) is 0 Å². The number of nitrogens with zero attached hydrogens (tertiary/aromatic N) is 2. The van der Waals surface area contributed by atoms with E-state index in [0.717, 1.165) is 32.1 Å². The summed E-state index contributed by atoms with van der Waals surface area (Å²) >= 11 is 1.74. The first-order valence-corrected chi connectivity index (χ1v) is 7.42. The quantitative estimate of drug-likeness (QED) is 0.628. The van der Waals surface area contributed by atoms with Gasteiger partial charge in [-0.3, -0.25) is 0 Å². The monoisotopic (exact) mass is 276 g/mol. The van der Waals surface area contributed by atoms with E-state index in [2.05, 4.69) is 57.0 Å². The van der Waals surface area contributed by atoms with Crippen LogP contribution in [0.4, 0.5) is 0 Å². The first kappa shape index (κ1) is 13.7. The molecular weight excluding hydrogens is 256 g/mol. The molecule has 0 saturated heterocycles. The third-order valence-electron chi connectivity index (χ3n) is 2.65. The van der Waals surface area contributed by atoms with Gasteiger partial charge in [0.15, 0.2) is 5.96 Å². The Labute approximate surface area is 118 Å². The average molecular weight is 276 g/mol. The molecule has 2 aromatic rings. The largest absolute Gasteiger partial charge is 0.357 e. The molecule has 0 atom stereocenters. The summed E-state index contributed by atoms with van der Waals surface area (Å²) in [5.74, 6) is 0.878. The average Bonchev–Trinajstić information content (AvgIpc) is 3.09. The van der Waals surface area contributed by atoms with E-state index in [1.807, 2.05) is 12.1 Å². The molecule has 0 amide bonds. The van der Waals surface area contributed by atoms with Crippen LogP contribution in [-0.2, 0) is 13.1 Å². The summed E-state index contributed by atoms with van der Waals surface area (Å²) < 4.78 is 2.15. The lowest BCUT2D eigenvalue weighted by Gasteiger charge is -2.11. The Kier molecular flexibility index (Phi) is 5.49. The lowest BCUT2D eigenvalue weighted by atomic mass is 10.5. The van der Waals surface area contributed by atoms with E-state index in [9.17, 15) is 0 Å². The highest BCUT2D eigenvalue weighted by molar-refractivity contribution is 7.09. The zero-order valence-corrected chi connectivity index (χ0v) is 12.0. The van der Waals surface area contributed by atoms with Crippen molar-refractivity contribution in [1.82, 2.24) is 15.2 Å². The van der Waals surface area contributed by atoms with E-state index in [1.165, 1.54) is 4.88 Å². The fraction of sp³-hybridized carbons (Fsp3) is 0.357. The number of aromatic nitrogens is 1. The summed E-state index contributed by atoms with van der Waals surface area (Å²) in [6.45, 7) is 5.49. The predicted octanol–water partition coefficient (Wildman–Crippen LogP) is 2.30. The molecule has 2 N–H and O–H groups in total. The van der Waals surface area contributed by atoms with E-state index in [1.54, 1.807) is 11.3 Å². The van der Waals surface area contributed by atoms with Crippen molar-refractivity contribution in [3.05, 3.63) is 46.9 Å². The van der Waals surface area contributed by atoms with E-state index in [-0.39, 0.29) is 0 Å². The van der Waals surface area contributed by atoms with Gasteiger partial charge >= 0.3 is 0 Å². The van der Waals surface area contributed by atoms with Crippen LogP contribution in [0.3, 0.4) is 0 Å². The van der Waals surface area contributed by atoms with Gasteiger partial charge in [0.2, 0.25) is 0 Å². The molecule has 0 aliphatic heterocycles. The molecule has 102 valence electrons. The molecule has 2 aromatic heterocycles. The van der Waals surface area contributed by atoms with Gasteiger partial charge < -0.3 is 15.2 Å². The molecule has 0 bridgehead atoms. The molecule has 0 aromatic carbocycles. The molecule has 19 heavy (non-hydrogen) atoms. The molecule has 2 heterocycles. The van der Waals surface area contributed by atoms with Crippen LogP contribution < -0.4 is 10.6 Å². The lowest BCUT2D eigenvalue weighted by molar-refractivity contribution is 0.666. The van der Waals surface area contributed by atoms with Gasteiger partial charge in [-0.1, -0.05) is 6.07 Å². The molecule has 0 aliphatic carbocycles. The van der Waals surface area contributed by atoms with Crippen molar-refractivity contribution in [2.24, 2.45) is 4.99 Å². The van der Waals surface area contributed by atoms with E-state index < -0.39 is 0 Å². The van der Waals surface area contributed by atoms with Crippen molar-refractivity contribution in [1.29, 1.82) is 0 Å². The smallest absolute Gasteiger partial charge is 0.191 e. The van der Waals surface area contributed by atoms with Crippen LogP contribution in [0.25, 0.3) is 0 Å². The van der Waals surface area contributed by atoms with Gasteiger partial charge in [0.25, 0.3) is 0 Å². The molecule has 0 aliphatic rings. The maximum Gasteiger partial charge on any atom is 0.191 e. The van der Waals surface area contributed by atoms with Crippen molar-refractivity contribution >= 4 is 17.3 Å². The molecule has 5 heteroatoms. The fourth-order valence-electron chi connectivity index (χ4n) is 1.72. The van der Waals surface area contributed by atoms with Gasteiger partial charge in [0, 0.05) is 36.9 Å². The summed E-state index contributed by atoms with van der Waals surface area (Å²) in [5, 5.41) is 8.68. The Bertz CT molecular complexity index is 474. The van der Waals surface area contributed by atoms with Crippen molar-refractivity contribution in [3.8, 4) is 0 Å². The van der Waals surface area contributed by atoms with Crippen LogP contribution in [0.5, 0.6) is 0 Å². The van der Waals surface area contributed by atoms with E-state index >= 15 is 0 Å². The predicted molar refractivity (Wildman–Crippen MR) is 81.6 cm³/mol. The summed E-state index contributed by atoms with van der Waals surface area (Å²) in [4.78, 5) is 5.85. The molecule has 0 unspecified atom stereocenters. The molecule has 0 fully saturated rings. The highest BCUT2D eigenvalue weighted by atomic mass is 32.1. The number of aliphatic imine (C=N–C) groups is 1. The minimum atomic E-state index is 0.733. The zero-order chi connectivity index (χ0) is 13.3. The first-order chi connectivity index (χ1) is 9.38. The van der Waals surface area contributed by atoms with Gasteiger partial charge in [-0.25, -0.2) is 4.99 Å². The number of hydrogen-bond acceptors (Lipinski definition) is 2. The number of guanidine groups is 1. The van der Waals surface area contributed by atoms with Gasteiger partial charge in [-0.05, 0) is 30.5 Å². The normalized spacial score (nSPS) is 11.5. The number of thiophene rings is 1. The van der Waals surface area contributed by atoms with Gasteiger partial charge in [-0.15, -0.1) is 11.3 Å². The second kappa shape index (κ2) is 7.63. The van der Waals surface area contributed by atoms with Crippen LogP contribution in [0.1, 0.15) is 11.8 Å². The topological polar surface area (TPSA) is 41.4 Å². The molecule has 0 saturated carbocycles. The molecular formula is C14H20N4S.